The molecule has 0 radical (unpaired) electrons. The van der Waals surface area contributed by atoms with Gasteiger partial charge in [-0.05, 0) is 26.0 Å². The summed E-state index contributed by atoms with van der Waals surface area (Å²) in [6, 6.07) is 3.64. The maximum Gasteiger partial charge on any atom is 0.225 e. The van der Waals surface area contributed by atoms with E-state index in [2.05, 4.69) is 4.98 Å². The lowest BCUT2D eigenvalue weighted by atomic mass is 10.1. The highest BCUT2D eigenvalue weighted by Gasteiger charge is 2.34. The van der Waals surface area contributed by atoms with Gasteiger partial charge in [-0.1, -0.05) is 0 Å². The van der Waals surface area contributed by atoms with Crippen molar-refractivity contribution in [1.82, 2.24) is 4.98 Å². The molecule has 0 spiro atoms. The van der Waals surface area contributed by atoms with Crippen LogP contribution in [0.3, 0.4) is 0 Å². The predicted molar refractivity (Wildman–Crippen MR) is 57.0 cm³/mol. The molecule has 0 aromatic carbocycles. The molecule has 1 aromatic rings. The van der Waals surface area contributed by atoms with Crippen molar-refractivity contribution in [3.63, 3.8) is 0 Å². The number of fused-ring (bicyclic) bond motifs is 1. The van der Waals surface area contributed by atoms with Gasteiger partial charge >= 0.3 is 0 Å². The number of anilines is 1. The second-order valence-electron chi connectivity index (χ2n) is 4.29. The highest BCUT2D eigenvalue weighted by Crippen LogP contribution is 2.34. The molecule has 1 aliphatic heterocycles. The van der Waals surface area contributed by atoms with Gasteiger partial charge in [0.1, 0.15) is 5.60 Å². The summed E-state index contributed by atoms with van der Waals surface area (Å²) in [4.78, 5) is 17.3. The minimum atomic E-state index is -0.359. The van der Waals surface area contributed by atoms with Crippen LogP contribution in [-0.4, -0.2) is 23.0 Å². The number of hydrogen-bond acceptors (Lipinski definition) is 3. The molecule has 15 heavy (non-hydrogen) atoms. The van der Waals surface area contributed by atoms with Gasteiger partial charge < -0.3 is 4.74 Å². The molecule has 1 amide bonds. The van der Waals surface area contributed by atoms with E-state index in [1.54, 1.807) is 24.1 Å². The zero-order valence-corrected chi connectivity index (χ0v) is 9.15. The number of pyridine rings is 1. The zero-order valence-electron chi connectivity index (χ0n) is 9.15. The number of carbonyl (C=O) groups is 1. The quantitative estimate of drug-likeness (QED) is 0.647. The van der Waals surface area contributed by atoms with E-state index in [1.807, 2.05) is 19.9 Å². The van der Waals surface area contributed by atoms with Crippen LogP contribution in [0.2, 0.25) is 0 Å². The van der Waals surface area contributed by atoms with Crippen molar-refractivity contribution in [2.24, 2.45) is 0 Å². The molecule has 1 aliphatic rings. The lowest BCUT2D eigenvalue weighted by Gasteiger charge is -2.38. The monoisotopic (exact) mass is 206 g/mol. The van der Waals surface area contributed by atoms with Crippen LogP contribution in [0.25, 0.3) is 0 Å². The molecule has 1 aromatic heterocycles. The van der Waals surface area contributed by atoms with Crippen LogP contribution in [0.1, 0.15) is 20.8 Å². The Kier molecular flexibility index (Phi) is 2.14. The number of nitrogens with zero attached hydrogens (tertiary/aromatic N) is 2. The van der Waals surface area contributed by atoms with Crippen molar-refractivity contribution in [2.45, 2.75) is 26.4 Å². The Balaban J connectivity index is 2.47. The van der Waals surface area contributed by atoms with Crippen LogP contribution in [0.4, 0.5) is 5.82 Å². The molecule has 80 valence electrons. The molecular weight excluding hydrogens is 192 g/mol. The summed E-state index contributed by atoms with van der Waals surface area (Å²) in [5.41, 5.74) is -0.359. The molecule has 0 atom stereocenters. The summed E-state index contributed by atoms with van der Waals surface area (Å²) in [6.07, 6.45) is 1.66. The predicted octanol–water partition coefficient (Wildman–Crippen LogP) is 1.61. The fourth-order valence-electron chi connectivity index (χ4n) is 1.71. The standard InChI is InChI=1S/C11H14N2O2/c1-8(14)13-7-11(2,3)15-9-5-4-6-12-10(9)13/h4-6H,7H2,1-3H3. The van der Waals surface area contributed by atoms with E-state index in [9.17, 15) is 4.79 Å². The Morgan fingerprint density at radius 3 is 3.00 bits per heavy atom. The first-order valence-corrected chi connectivity index (χ1v) is 4.92. The van der Waals surface area contributed by atoms with E-state index in [4.69, 9.17) is 4.74 Å². The summed E-state index contributed by atoms with van der Waals surface area (Å²) in [5, 5.41) is 0. The van der Waals surface area contributed by atoms with Crippen molar-refractivity contribution in [3.8, 4) is 5.75 Å². The van der Waals surface area contributed by atoms with Crippen molar-refractivity contribution >= 4 is 11.7 Å². The summed E-state index contributed by atoms with van der Waals surface area (Å²) >= 11 is 0. The van der Waals surface area contributed by atoms with Crippen LogP contribution in [0.15, 0.2) is 18.3 Å². The fourth-order valence-corrected chi connectivity index (χ4v) is 1.71. The van der Waals surface area contributed by atoms with Gasteiger partial charge in [0.2, 0.25) is 5.91 Å². The topological polar surface area (TPSA) is 42.4 Å². The van der Waals surface area contributed by atoms with Crippen LogP contribution in [0.5, 0.6) is 5.75 Å². The lowest BCUT2D eigenvalue weighted by Crippen LogP contribution is -2.49. The van der Waals surface area contributed by atoms with Gasteiger partial charge in [0.25, 0.3) is 0 Å². The Labute approximate surface area is 88.9 Å². The van der Waals surface area contributed by atoms with Gasteiger partial charge in [-0.15, -0.1) is 0 Å². The Hall–Kier alpha value is -1.58. The third-order valence-electron chi connectivity index (χ3n) is 2.31. The van der Waals surface area contributed by atoms with E-state index in [-0.39, 0.29) is 11.5 Å². The van der Waals surface area contributed by atoms with Crippen molar-refractivity contribution in [1.29, 1.82) is 0 Å². The number of amides is 1. The number of carbonyl (C=O) groups excluding carboxylic acids is 1. The number of rotatable bonds is 0. The van der Waals surface area contributed by atoms with E-state index in [0.29, 0.717) is 18.1 Å². The van der Waals surface area contributed by atoms with Crippen molar-refractivity contribution in [3.05, 3.63) is 18.3 Å². The van der Waals surface area contributed by atoms with Crippen LogP contribution in [-0.2, 0) is 4.79 Å². The van der Waals surface area contributed by atoms with Gasteiger partial charge in [0.15, 0.2) is 11.6 Å². The normalized spacial score (nSPS) is 17.9. The van der Waals surface area contributed by atoms with Gasteiger partial charge in [-0.25, -0.2) is 4.98 Å². The van der Waals surface area contributed by atoms with Gasteiger partial charge in [-0.2, -0.15) is 0 Å². The third kappa shape index (κ3) is 1.79. The average Bonchev–Trinajstić information content (AvgIpc) is 2.14. The van der Waals surface area contributed by atoms with E-state index in [0.717, 1.165) is 0 Å². The second kappa shape index (κ2) is 3.22. The van der Waals surface area contributed by atoms with E-state index in [1.165, 1.54) is 0 Å². The summed E-state index contributed by atoms with van der Waals surface area (Å²) in [6.45, 7) is 5.99. The summed E-state index contributed by atoms with van der Waals surface area (Å²) < 4.78 is 5.74. The highest BCUT2D eigenvalue weighted by molar-refractivity contribution is 5.92. The molecule has 4 heteroatoms. The maximum atomic E-state index is 11.5. The lowest BCUT2D eigenvalue weighted by molar-refractivity contribution is -0.117. The fraction of sp³-hybridized carbons (Fsp3) is 0.455. The SMILES string of the molecule is CC(=O)N1CC(C)(C)Oc2cccnc21. The molecule has 0 N–H and O–H groups in total. The molecule has 0 saturated heterocycles. The molecule has 4 nitrogen and oxygen atoms in total. The second-order valence-corrected chi connectivity index (χ2v) is 4.29. The Morgan fingerprint density at radius 2 is 2.33 bits per heavy atom. The molecule has 0 saturated carbocycles. The van der Waals surface area contributed by atoms with E-state index < -0.39 is 0 Å². The largest absolute Gasteiger partial charge is 0.482 e. The molecule has 0 unspecified atom stereocenters. The third-order valence-corrected chi connectivity index (χ3v) is 2.31. The van der Waals surface area contributed by atoms with E-state index >= 15 is 0 Å². The van der Waals surface area contributed by atoms with Gasteiger partial charge in [-0.3, -0.25) is 9.69 Å². The number of hydrogen-bond donors (Lipinski definition) is 0. The minimum absolute atomic E-state index is 0.00803. The summed E-state index contributed by atoms with van der Waals surface area (Å²) in [7, 11) is 0. The first-order chi connectivity index (χ1) is 6.99. The average molecular weight is 206 g/mol. The molecule has 2 rings (SSSR count). The first-order valence-electron chi connectivity index (χ1n) is 4.92. The summed E-state index contributed by atoms with van der Waals surface area (Å²) in [5.74, 6) is 1.28. The molecule has 0 bridgehead atoms. The Morgan fingerprint density at radius 1 is 1.60 bits per heavy atom. The van der Waals surface area contributed by atoms with Gasteiger partial charge in [0.05, 0.1) is 6.54 Å². The minimum Gasteiger partial charge on any atom is -0.482 e. The van der Waals surface area contributed by atoms with Crippen molar-refractivity contribution < 1.29 is 9.53 Å². The van der Waals surface area contributed by atoms with Gasteiger partial charge in [0, 0.05) is 13.1 Å². The molecular formula is C11H14N2O2. The molecule has 0 fully saturated rings. The highest BCUT2D eigenvalue weighted by atomic mass is 16.5. The van der Waals surface area contributed by atoms with Crippen LogP contribution >= 0.6 is 0 Å². The zero-order chi connectivity index (χ0) is 11.1. The van der Waals surface area contributed by atoms with Crippen LogP contribution < -0.4 is 9.64 Å². The number of ether oxygens (including phenoxy) is 1. The number of aromatic nitrogens is 1. The maximum absolute atomic E-state index is 11.5. The van der Waals surface area contributed by atoms with Crippen LogP contribution in [0, 0.1) is 0 Å². The smallest absolute Gasteiger partial charge is 0.225 e. The first kappa shape index (κ1) is 9.96. The molecule has 2 heterocycles. The Bertz CT molecular complexity index is 401. The molecule has 0 aliphatic carbocycles. The van der Waals surface area contributed by atoms with Crippen molar-refractivity contribution in [2.75, 3.05) is 11.4 Å².